The molecule has 0 aromatic heterocycles. The van der Waals surface area contributed by atoms with Crippen molar-refractivity contribution in [1.29, 1.82) is 0 Å². The number of ether oxygens (including phenoxy) is 1. The van der Waals surface area contributed by atoms with Crippen molar-refractivity contribution in [3.63, 3.8) is 0 Å². The summed E-state index contributed by atoms with van der Waals surface area (Å²) in [6, 6.07) is 22.8. The molecule has 1 heterocycles. The van der Waals surface area contributed by atoms with Crippen LogP contribution < -0.4 is 21.3 Å². The van der Waals surface area contributed by atoms with Crippen LogP contribution in [-0.2, 0) is 27.3 Å². The molecule has 4 rings (SSSR count). The Labute approximate surface area is 259 Å². The summed E-state index contributed by atoms with van der Waals surface area (Å²) in [6.45, 7) is 9.08. The number of thiocarbonyl (C=S) groups is 1. The van der Waals surface area contributed by atoms with Gasteiger partial charge >= 0.3 is 6.09 Å². The standard InChI is InChI=1S/C34H40N4O4S/c1-33(2,3)42-32(41)37-34(4,5)20-29(39)36-27-18-16-24-13-9-10-14-28(24)38(31(27)40)21-22-15-17-25(26(19-22)30(35)43)23-11-7-6-8-12-23/h6-15,17,19,27H,16,18,20-21H2,1-5H3,(H2,35,43)(H,36,39)(H,37,41)/t27-/m1/s1. The summed E-state index contributed by atoms with van der Waals surface area (Å²) >= 11 is 5.40. The number of carbonyl (C=O) groups excluding carboxylic acids is 3. The van der Waals surface area contributed by atoms with E-state index in [9.17, 15) is 14.4 Å². The van der Waals surface area contributed by atoms with Gasteiger partial charge in [0.05, 0.1) is 6.54 Å². The highest BCUT2D eigenvalue weighted by atomic mass is 32.1. The number of fused-ring (bicyclic) bond motifs is 1. The molecule has 3 amide bonds. The van der Waals surface area contributed by atoms with Gasteiger partial charge in [-0.2, -0.15) is 0 Å². The van der Waals surface area contributed by atoms with Gasteiger partial charge in [0.2, 0.25) is 11.8 Å². The average Bonchev–Trinajstić information content (AvgIpc) is 3.04. The molecule has 0 radical (unpaired) electrons. The zero-order chi connectivity index (χ0) is 31.4. The highest BCUT2D eigenvalue weighted by Crippen LogP contribution is 2.31. The fourth-order valence-corrected chi connectivity index (χ4v) is 5.40. The Morgan fingerprint density at radius 2 is 1.67 bits per heavy atom. The molecule has 0 unspecified atom stereocenters. The van der Waals surface area contributed by atoms with Crippen molar-refractivity contribution in [2.24, 2.45) is 5.73 Å². The molecule has 226 valence electrons. The number of anilines is 1. The average molecular weight is 601 g/mol. The predicted molar refractivity (Wildman–Crippen MR) is 174 cm³/mol. The van der Waals surface area contributed by atoms with Crippen molar-refractivity contribution in [2.45, 2.75) is 77.6 Å². The number of rotatable bonds is 8. The van der Waals surface area contributed by atoms with E-state index in [1.54, 1.807) is 39.5 Å². The first-order chi connectivity index (χ1) is 20.2. The smallest absolute Gasteiger partial charge is 0.408 e. The van der Waals surface area contributed by atoms with Gasteiger partial charge in [-0.1, -0.05) is 72.9 Å². The third-order valence-corrected chi connectivity index (χ3v) is 7.32. The van der Waals surface area contributed by atoms with Crippen LogP contribution in [0.2, 0.25) is 0 Å². The molecule has 9 heteroatoms. The van der Waals surface area contributed by atoms with E-state index < -0.39 is 23.3 Å². The summed E-state index contributed by atoms with van der Waals surface area (Å²) in [7, 11) is 0. The Balaban J connectivity index is 1.55. The lowest BCUT2D eigenvalue weighted by molar-refractivity contribution is -0.128. The molecule has 0 saturated heterocycles. The minimum Gasteiger partial charge on any atom is -0.444 e. The molecule has 1 aliphatic heterocycles. The zero-order valence-electron chi connectivity index (χ0n) is 25.4. The summed E-state index contributed by atoms with van der Waals surface area (Å²) in [6.07, 6.45) is 0.435. The first kappa shape index (κ1) is 31.7. The maximum atomic E-state index is 14.0. The minimum atomic E-state index is -0.889. The van der Waals surface area contributed by atoms with Gasteiger partial charge in [-0.05, 0) is 81.8 Å². The highest BCUT2D eigenvalue weighted by molar-refractivity contribution is 7.80. The zero-order valence-corrected chi connectivity index (χ0v) is 26.2. The van der Waals surface area contributed by atoms with Crippen molar-refractivity contribution in [2.75, 3.05) is 4.90 Å². The van der Waals surface area contributed by atoms with E-state index in [1.165, 1.54) is 0 Å². The number of hydrogen-bond donors (Lipinski definition) is 3. The molecule has 0 fully saturated rings. The van der Waals surface area contributed by atoms with Crippen LogP contribution in [-0.4, -0.2) is 40.1 Å². The Bertz CT molecular complexity index is 1510. The van der Waals surface area contributed by atoms with Crippen LogP contribution in [0.1, 0.15) is 64.2 Å². The van der Waals surface area contributed by atoms with Crippen LogP contribution in [0, 0.1) is 0 Å². The summed E-state index contributed by atoms with van der Waals surface area (Å²) < 4.78 is 5.34. The number of nitrogens with two attached hydrogens (primary N) is 1. The third kappa shape index (κ3) is 8.41. The number of amides is 3. The number of para-hydroxylation sites is 1. The predicted octanol–water partition coefficient (Wildman–Crippen LogP) is 5.65. The lowest BCUT2D eigenvalue weighted by Crippen LogP contribution is -2.52. The van der Waals surface area contributed by atoms with Gasteiger partial charge < -0.3 is 26.0 Å². The quantitative estimate of drug-likeness (QED) is 0.288. The normalized spacial score (nSPS) is 15.2. The second kappa shape index (κ2) is 13.0. The van der Waals surface area contributed by atoms with Gasteiger partial charge in [0.25, 0.3) is 0 Å². The Morgan fingerprint density at radius 3 is 2.35 bits per heavy atom. The van der Waals surface area contributed by atoms with Crippen molar-refractivity contribution in [3.05, 3.63) is 89.5 Å². The molecule has 43 heavy (non-hydrogen) atoms. The second-order valence-electron chi connectivity index (χ2n) is 12.5. The summed E-state index contributed by atoms with van der Waals surface area (Å²) in [4.78, 5) is 41.5. The molecule has 1 aliphatic rings. The maximum Gasteiger partial charge on any atom is 0.408 e. The molecule has 3 aromatic rings. The van der Waals surface area contributed by atoms with Gasteiger partial charge in [0.1, 0.15) is 16.6 Å². The number of hydrogen-bond acceptors (Lipinski definition) is 5. The molecule has 0 bridgehead atoms. The molecular weight excluding hydrogens is 560 g/mol. The number of benzene rings is 3. The van der Waals surface area contributed by atoms with E-state index in [0.29, 0.717) is 12.8 Å². The van der Waals surface area contributed by atoms with Gasteiger partial charge in [0.15, 0.2) is 0 Å². The van der Waals surface area contributed by atoms with Gasteiger partial charge in [-0.25, -0.2) is 4.79 Å². The van der Waals surface area contributed by atoms with Gasteiger partial charge in [-0.3, -0.25) is 9.59 Å². The number of nitrogens with one attached hydrogen (secondary N) is 2. The molecule has 0 saturated carbocycles. The van der Waals surface area contributed by atoms with Crippen molar-refractivity contribution in [3.8, 4) is 11.1 Å². The summed E-state index contributed by atoms with van der Waals surface area (Å²) in [5.41, 5.74) is 9.94. The lowest BCUT2D eigenvalue weighted by atomic mass is 9.97. The molecule has 8 nitrogen and oxygen atoms in total. The van der Waals surface area contributed by atoms with Crippen LogP contribution in [0.5, 0.6) is 0 Å². The fraction of sp³-hybridized carbons (Fsp3) is 0.353. The van der Waals surface area contributed by atoms with E-state index in [2.05, 4.69) is 10.6 Å². The number of alkyl carbamates (subject to hydrolysis) is 1. The van der Waals surface area contributed by atoms with E-state index in [0.717, 1.165) is 33.5 Å². The highest BCUT2D eigenvalue weighted by Gasteiger charge is 2.33. The van der Waals surface area contributed by atoms with Gasteiger partial charge in [-0.15, -0.1) is 0 Å². The number of aryl methyl sites for hydroxylation is 1. The van der Waals surface area contributed by atoms with Crippen LogP contribution in [0.4, 0.5) is 10.5 Å². The van der Waals surface area contributed by atoms with Crippen molar-refractivity contribution in [1.82, 2.24) is 10.6 Å². The van der Waals surface area contributed by atoms with Crippen LogP contribution in [0.3, 0.4) is 0 Å². The SMILES string of the molecule is CC(C)(CC(=O)N[C@@H]1CCc2ccccc2N(Cc2ccc(-c3ccccc3)c(C(N)=S)c2)C1=O)NC(=O)OC(C)(C)C. The molecule has 4 N–H and O–H groups in total. The monoisotopic (exact) mass is 600 g/mol. The minimum absolute atomic E-state index is 0.0266. The van der Waals surface area contributed by atoms with Gasteiger partial charge in [0, 0.05) is 23.2 Å². The topological polar surface area (TPSA) is 114 Å². The van der Waals surface area contributed by atoms with E-state index in [1.807, 2.05) is 72.8 Å². The number of carbonyl (C=O) groups is 3. The number of nitrogens with zero attached hydrogens (tertiary/aromatic N) is 1. The summed E-state index contributed by atoms with van der Waals surface area (Å²) in [5, 5.41) is 5.69. The molecule has 1 atom stereocenters. The Kier molecular flexibility index (Phi) is 9.55. The molecule has 0 aliphatic carbocycles. The third-order valence-electron chi connectivity index (χ3n) is 7.10. The summed E-state index contributed by atoms with van der Waals surface area (Å²) in [5.74, 6) is -0.548. The van der Waals surface area contributed by atoms with Crippen molar-refractivity contribution < 1.29 is 19.1 Å². The van der Waals surface area contributed by atoms with Crippen LogP contribution >= 0.6 is 12.2 Å². The first-order valence-electron chi connectivity index (χ1n) is 14.4. The molecule has 3 aromatic carbocycles. The Morgan fingerprint density at radius 1 is 1.00 bits per heavy atom. The largest absolute Gasteiger partial charge is 0.444 e. The van der Waals surface area contributed by atoms with Crippen LogP contribution in [0.25, 0.3) is 11.1 Å². The molecular formula is C34H40N4O4S. The first-order valence-corrected chi connectivity index (χ1v) is 14.8. The second-order valence-corrected chi connectivity index (χ2v) is 12.9. The van der Waals surface area contributed by atoms with Crippen LogP contribution in [0.15, 0.2) is 72.8 Å². The molecule has 0 spiro atoms. The van der Waals surface area contributed by atoms with E-state index in [4.69, 9.17) is 22.7 Å². The van der Waals surface area contributed by atoms with Crippen molar-refractivity contribution >= 4 is 40.8 Å². The fourth-order valence-electron chi connectivity index (χ4n) is 5.23. The Hall–Kier alpha value is -4.24. The lowest BCUT2D eigenvalue weighted by Gasteiger charge is -2.30. The maximum absolute atomic E-state index is 14.0. The van der Waals surface area contributed by atoms with E-state index >= 15 is 0 Å². The van der Waals surface area contributed by atoms with E-state index in [-0.39, 0.29) is 29.8 Å².